The lowest BCUT2D eigenvalue weighted by molar-refractivity contribution is -0.144. The van der Waals surface area contributed by atoms with E-state index in [1.165, 1.54) is 4.73 Å². The number of carbonyl (C=O) groups excluding carboxylic acids is 1. The maximum atomic E-state index is 11.2. The first-order chi connectivity index (χ1) is 6.74. The molecule has 0 amide bonds. The Hall–Kier alpha value is -1.42. The number of hydrogen-bond donors (Lipinski definition) is 0. The van der Waals surface area contributed by atoms with Gasteiger partial charge in [-0.2, -0.15) is 4.73 Å². The molecule has 74 valence electrons. The standard InChI is InChI=1S/C10H11NO2S/c1-2-3-7-10(12)13-11-8-5-4-6-9(11)14/h2,4-6,8H,1,3,7H2. The van der Waals surface area contributed by atoms with E-state index in [0.717, 1.165) is 0 Å². The lowest BCUT2D eigenvalue weighted by atomic mass is 10.3. The van der Waals surface area contributed by atoms with Crippen molar-refractivity contribution in [2.24, 2.45) is 0 Å². The highest BCUT2D eigenvalue weighted by molar-refractivity contribution is 7.71. The molecular weight excluding hydrogens is 198 g/mol. The third-order valence-corrected chi connectivity index (χ3v) is 1.86. The van der Waals surface area contributed by atoms with Crippen LogP contribution in [0.2, 0.25) is 0 Å². The average molecular weight is 209 g/mol. The maximum Gasteiger partial charge on any atom is 0.333 e. The van der Waals surface area contributed by atoms with Gasteiger partial charge < -0.3 is 4.84 Å². The molecule has 4 heteroatoms. The summed E-state index contributed by atoms with van der Waals surface area (Å²) in [5.74, 6) is -0.313. The van der Waals surface area contributed by atoms with Gasteiger partial charge in [-0.25, -0.2) is 4.79 Å². The summed E-state index contributed by atoms with van der Waals surface area (Å²) in [6.45, 7) is 3.52. The van der Waals surface area contributed by atoms with Gasteiger partial charge in [0.15, 0.2) is 0 Å². The van der Waals surface area contributed by atoms with Crippen LogP contribution in [-0.4, -0.2) is 10.7 Å². The molecule has 0 aliphatic heterocycles. The summed E-state index contributed by atoms with van der Waals surface area (Å²) in [5, 5.41) is 0. The van der Waals surface area contributed by atoms with E-state index in [2.05, 4.69) is 6.58 Å². The third kappa shape index (κ3) is 3.14. The van der Waals surface area contributed by atoms with Crippen molar-refractivity contribution < 1.29 is 9.63 Å². The topological polar surface area (TPSA) is 31.2 Å². The SMILES string of the molecule is C=CCCC(=O)On1ccccc1=S. The molecule has 0 aromatic carbocycles. The van der Waals surface area contributed by atoms with Gasteiger partial charge >= 0.3 is 5.97 Å². The molecule has 14 heavy (non-hydrogen) atoms. The Morgan fingerprint density at radius 2 is 2.43 bits per heavy atom. The fourth-order valence-corrected chi connectivity index (χ4v) is 1.04. The predicted molar refractivity (Wildman–Crippen MR) is 56.3 cm³/mol. The van der Waals surface area contributed by atoms with Gasteiger partial charge in [-0.1, -0.05) is 24.4 Å². The highest BCUT2D eigenvalue weighted by Crippen LogP contribution is 1.94. The second-order valence-electron chi connectivity index (χ2n) is 2.66. The monoisotopic (exact) mass is 209 g/mol. The molecule has 0 unspecified atom stereocenters. The molecule has 3 nitrogen and oxygen atoms in total. The van der Waals surface area contributed by atoms with Crippen molar-refractivity contribution in [3.05, 3.63) is 41.7 Å². The third-order valence-electron chi connectivity index (χ3n) is 1.54. The fraction of sp³-hybridized carbons (Fsp3) is 0.200. The molecule has 0 N–H and O–H groups in total. The van der Waals surface area contributed by atoms with Crippen LogP contribution in [-0.2, 0) is 4.79 Å². The molecule has 1 aromatic rings. The first kappa shape index (κ1) is 10.7. The van der Waals surface area contributed by atoms with E-state index in [1.54, 1.807) is 30.5 Å². The van der Waals surface area contributed by atoms with E-state index in [4.69, 9.17) is 17.1 Å². The van der Waals surface area contributed by atoms with Crippen LogP contribution in [0.1, 0.15) is 12.8 Å². The van der Waals surface area contributed by atoms with Crippen molar-refractivity contribution in [2.45, 2.75) is 12.8 Å². The first-order valence-electron chi connectivity index (χ1n) is 4.24. The molecule has 1 aromatic heterocycles. The van der Waals surface area contributed by atoms with Gasteiger partial charge in [0.1, 0.15) is 4.64 Å². The smallest absolute Gasteiger partial charge is 0.333 e. The Balaban J connectivity index is 2.60. The van der Waals surface area contributed by atoms with Crippen LogP contribution < -0.4 is 4.84 Å². The van der Waals surface area contributed by atoms with Crippen molar-refractivity contribution in [1.29, 1.82) is 0 Å². The Morgan fingerprint density at radius 3 is 3.07 bits per heavy atom. The molecule has 1 rings (SSSR count). The average Bonchev–Trinajstić information content (AvgIpc) is 2.18. The van der Waals surface area contributed by atoms with Crippen LogP contribution in [0.15, 0.2) is 37.1 Å². The molecule has 1 heterocycles. The minimum atomic E-state index is -0.313. The number of rotatable bonds is 4. The lowest BCUT2D eigenvalue weighted by Gasteiger charge is -2.05. The molecule has 0 atom stereocenters. The predicted octanol–water partition coefficient (Wildman–Crippen LogP) is 2.14. The Morgan fingerprint density at radius 1 is 1.64 bits per heavy atom. The summed E-state index contributed by atoms with van der Waals surface area (Å²) in [4.78, 5) is 16.2. The summed E-state index contributed by atoms with van der Waals surface area (Å²) >= 11 is 4.95. The molecule has 0 bridgehead atoms. The minimum Gasteiger partial charge on any atom is -0.336 e. The molecule has 0 saturated heterocycles. The van der Waals surface area contributed by atoms with Crippen LogP contribution in [0.4, 0.5) is 0 Å². The first-order valence-corrected chi connectivity index (χ1v) is 4.64. The summed E-state index contributed by atoms with van der Waals surface area (Å²) in [6.07, 6.45) is 4.21. The van der Waals surface area contributed by atoms with Crippen molar-refractivity contribution in [3.8, 4) is 0 Å². The van der Waals surface area contributed by atoms with Crippen LogP contribution in [0.25, 0.3) is 0 Å². The minimum absolute atomic E-state index is 0.313. The fourth-order valence-electron chi connectivity index (χ4n) is 0.863. The lowest BCUT2D eigenvalue weighted by Crippen LogP contribution is -2.19. The molecule has 0 fully saturated rings. The summed E-state index contributed by atoms with van der Waals surface area (Å²) in [5.41, 5.74) is 0. The zero-order chi connectivity index (χ0) is 10.4. The highest BCUT2D eigenvalue weighted by atomic mass is 32.1. The molecule has 0 aliphatic carbocycles. The Kier molecular flexibility index (Phi) is 4.07. The van der Waals surface area contributed by atoms with Crippen LogP contribution >= 0.6 is 12.2 Å². The normalized spacial score (nSPS) is 9.43. The van der Waals surface area contributed by atoms with Crippen molar-refractivity contribution in [3.63, 3.8) is 0 Å². The number of aromatic nitrogens is 1. The van der Waals surface area contributed by atoms with Gasteiger partial charge in [-0.15, -0.1) is 6.58 Å². The van der Waals surface area contributed by atoms with E-state index < -0.39 is 0 Å². The molecular formula is C10H11NO2S. The molecule has 0 saturated carbocycles. The number of hydrogen-bond acceptors (Lipinski definition) is 3. The van der Waals surface area contributed by atoms with Crippen molar-refractivity contribution in [2.75, 3.05) is 0 Å². The van der Waals surface area contributed by atoms with Crippen LogP contribution in [0.3, 0.4) is 0 Å². The Labute approximate surface area is 87.6 Å². The van der Waals surface area contributed by atoms with E-state index in [9.17, 15) is 4.79 Å². The Bertz CT molecular complexity index is 384. The number of pyridine rings is 1. The van der Waals surface area contributed by atoms with Crippen LogP contribution in [0.5, 0.6) is 0 Å². The quantitative estimate of drug-likeness (QED) is 0.562. The van der Waals surface area contributed by atoms with E-state index in [1.807, 2.05) is 0 Å². The maximum absolute atomic E-state index is 11.2. The number of carbonyl (C=O) groups is 1. The van der Waals surface area contributed by atoms with E-state index in [-0.39, 0.29) is 5.97 Å². The second kappa shape index (κ2) is 5.34. The van der Waals surface area contributed by atoms with Crippen LogP contribution in [0, 0.1) is 4.64 Å². The zero-order valence-electron chi connectivity index (χ0n) is 7.68. The van der Waals surface area contributed by atoms with Gasteiger partial charge in [0.25, 0.3) is 0 Å². The molecule has 0 aliphatic rings. The van der Waals surface area contributed by atoms with E-state index in [0.29, 0.717) is 17.5 Å². The van der Waals surface area contributed by atoms with Crippen molar-refractivity contribution in [1.82, 2.24) is 4.73 Å². The van der Waals surface area contributed by atoms with Crippen molar-refractivity contribution >= 4 is 18.2 Å². The summed E-state index contributed by atoms with van der Waals surface area (Å²) in [6, 6.07) is 5.23. The van der Waals surface area contributed by atoms with Gasteiger partial charge in [0, 0.05) is 6.20 Å². The van der Waals surface area contributed by atoms with Gasteiger partial charge in [0.05, 0.1) is 6.42 Å². The second-order valence-corrected chi connectivity index (χ2v) is 3.07. The van der Waals surface area contributed by atoms with Gasteiger partial charge in [-0.3, -0.25) is 0 Å². The van der Waals surface area contributed by atoms with Gasteiger partial charge in [0.2, 0.25) is 0 Å². The number of allylic oxidation sites excluding steroid dienone is 1. The largest absolute Gasteiger partial charge is 0.336 e. The molecule has 0 radical (unpaired) electrons. The van der Waals surface area contributed by atoms with Gasteiger partial charge in [-0.05, 0) is 18.6 Å². The summed E-state index contributed by atoms with van der Waals surface area (Å²) < 4.78 is 1.75. The molecule has 0 spiro atoms. The highest BCUT2D eigenvalue weighted by Gasteiger charge is 2.02. The summed E-state index contributed by atoms with van der Waals surface area (Å²) in [7, 11) is 0. The van der Waals surface area contributed by atoms with E-state index >= 15 is 0 Å². The zero-order valence-corrected chi connectivity index (χ0v) is 8.50. The number of nitrogens with zero attached hydrogens (tertiary/aromatic N) is 1.